The zero-order valence-electron chi connectivity index (χ0n) is 15.5. The molecule has 5 nitrogen and oxygen atoms in total. The quantitative estimate of drug-likeness (QED) is 0.656. The van der Waals surface area contributed by atoms with Gasteiger partial charge in [-0.15, -0.1) is 0 Å². The third-order valence-electron chi connectivity index (χ3n) is 4.63. The number of carbonyl (C=O) groups is 1. The molecule has 0 fully saturated rings. The standard InChI is InChI=1S/C21H26N4O/c1-3-25(4-2)14-13-22-21(26)17-11-9-16(10-12-17)15-20-23-18-7-5-6-8-19(18)24-20/h5-12H,3-4,13-15H2,1-2H3,(H,22,26)(H,23,24). The van der Waals surface area contributed by atoms with Crippen molar-refractivity contribution in [3.8, 4) is 0 Å². The fourth-order valence-corrected chi connectivity index (χ4v) is 3.03. The molecule has 2 aromatic carbocycles. The van der Waals surface area contributed by atoms with E-state index in [1.807, 2.05) is 48.5 Å². The number of para-hydroxylation sites is 2. The predicted octanol–water partition coefficient (Wildman–Crippen LogP) is 3.23. The van der Waals surface area contributed by atoms with Gasteiger partial charge in [-0.2, -0.15) is 0 Å². The highest BCUT2D eigenvalue weighted by Crippen LogP contribution is 2.14. The van der Waals surface area contributed by atoms with Crippen molar-refractivity contribution in [3.05, 3.63) is 65.5 Å². The maximum absolute atomic E-state index is 12.2. The number of nitrogens with one attached hydrogen (secondary N) is 2. The van der Waals surface area contributed by atoms with Crippen molar-refractivity contribution in [1.29, 1.82) is 0 Å². The van der Waals surface area contributed by atoms with Crippen LogP contribution >= 0.6 is 0 Å². The highest BCUT2D eigenvalue weighted by molar-refractivity contribution is 5.94. The molecule has 0 atom stereocenters. The van der Waals surface area contributed by atoms with Gasteiger partial charge in [0.2, 0.25) is 0 Å². The van der Waals surface area contributed by atoms with Gasteiger partial charge in [0.15, 0.2) is 0 Å². The van der Waals surface area contributed by atoms with Crippen molar-refractivity contribution < 1.29 is 4.79 Å². The monoisotopic (exact) mass is 350 g/mol. The van der Waals surface area contributed by atoms with Gasteiger partial charge in [0.1, 0.15) is 5.82 Å². The van der Waals surface area contributed by atoms with Crippen LogP contribution in [0.15, 0.2) is 48.5 Å². The van der Waals surface area contributed by atoms with Crippen LogP contribution in [0.3, 0.4) is 0 Å². The Morgan fingerprint density at radius 1 is 1.08 bits per heavy atom. The second kappa shape index (κ2) is 8.63. The van der Waals surface area contributed by atoms with Crippen molar-refractivity contribution in [2.45, 2.75) is 20.3 Å². The number of amides is 1. The summed E-state index contributed by atoms with van der Waals surface area (Å²) in [6.45, 7) is 7.81. The molecule has 1 amide bonds. The molecule has 0 spiro atoms. The first kappa shape index (κ1) is 18.1. The maximum Gasteiger partial charge on any atom is 0.251 e. The molecule has 0 saturated carbocycles. The Morgan fingerprint density at radius 2 is 1.81 bits per heavy atom. The van der Waals surface area contributed by atoms with Crippen molar-refractivity contribution >= 4 is 16.9 Å². The average molecular weight is 350 g/mol. The summed E-state index contributed by atoms with van der Waals surface area (Å²) in [6.07, 6.45) is 0.721. The second-order valence-corrected chi connectivity index (χ2v) is 6.36. The normalized spacial score (nSPS) is 11.2. The number of nitrogens with zero attached hydrogens (tertiary/aromatic N) is 2. The summed E-state index contributed by atoms with van der Waals surface area (Å²) in [4.78, 5) is 22.5. The SMILES string of the molecule is CCN(CC)CCNC(=O)c1ccc(Cc2nc3ccccc3[nH]2)cc1. The molecule has 0 radical (unpaired) electrons. The summed E-state index contributed by atoms with van der Waals surface area (Å²) in [5.74, 6) is 0.912. The van der Waals surface area contributed by atoms with Gasteiger partial charge >= 0.3 is 0 Å². The third-order valence-corrected chi connectivity index (χ3v) is 4.63. The molecule has 0 saturated heterocycles. The third kappa shape index (κ3) is 4.49. The highest BCUT2D eigenvalue weighted by atomic mass is 16.1. The van der Waals surface area contributed by atoms with Crippen LogP contribution in [0.4, 0.5) is 0 Å². The van der Waals surface area contributed by atoms with E-state index in [0.717, 1.165) is 48.5 Å². The lowest BCUT2D eigenvalue weighted by Crippen LogP contribution is -2.34. The van der Waals surface area contributed by atoms with Gasteiger partial charge in [-0.25, -0.2) is 4.98 Å². The zero-order valence-corrected chi connectivity index (χ0v) is 15.5. The molecule has 5 heteroatoms. The molecule has 3 rings (SSSR count). The van der Waals surface area contributed by atoms with E-state index >= 15 is 0 Å². The summed E-state index contributed by atoms with van der Waals surface area (Å²) < 4.78 is 0. The van der Waals surface area contributed by atoms with Crippen molar-refractivity contribution in [2.24, 2.45) is 0 Å². The Balaban J connectivity index is 1.56. The molecule has 0 aliphatic heterocycles. The Kier molecular flexibility index (Phi) is 6.02. The van der Waals surface area contributed by atoms with E-state index in [0.29, 0.717) is 12.1 Å². The number of hydrogen-bond acceptors (Lipinski definition) is 3. The first-order valence-electron chi connectivity index (χ1n) is 9.22. The first-order chi connectivity index (χ1) is 12.7. The van der Waals surface area contributed by atoms with E-state index in [1.165, 1.54) is 0 Å². The van der Waals surface area contributed by atoms with E-state index in [4.69, 9.17) is 0 Å². The van der Waals surface area contributed by atoms with Crippen molar-refractivity contribution in [1.82, 2.24) is 20.2 Å². The Labute approximate surface area is 154 Å². The molecule has 0 bridgehead atoms. The van der Waals surface area contributed by atoms with Crippen LogP contribution in [-0.2, 0) is 6.42 Å². The number of fused-ring (bicyclic) bond motifs is 1. The molecule has 1 heterocycles. The van der Waals surface area contributed by atoms with E-state index in [2.05, 4.69) is 34.0 Å². The van der Waals surface area contributed by atoms with Crippen molar-refractivity contribution in [3.63, 3.8) is 0 Å². The first-order valence-corrected chi connectivity index (χ1v) is 9.22. The van der Waals surface area contributed by atoms with Gasteiger partial charge in [-0.1, -0.05) is 38.1 Å². The molecule has 136 valence electrons. The molecule has 0 aliphatic carbocycles. The van der Waals surface area contributed by atoms with Crippen LogP contribution in [0.2, 0.25) is 0 Å². The number of benzene rings is 2. The van der Waals surface area contributed by atoms with Crippen molar-refractivity contribution in [2.75, 3.05) is 26.2 Å². The van der Waals surface area contributed by atoms with Gasteiger partial charge in [-0.3, -0.25) is 4.79 Å². The fourth-order valence-electron chi connectivity index (χ4n) is 3.03. The van der Waals surface area contributed by atoms with Crippen LogP contribution in [0.1, 0.15) is 35.6 Å². The van der Waals surface area contributed by atoms with Crippen LogP contribution in [0.5, 0.6) is 0 Å². The number of H-pyrrole nitrogens is 1. The molecular weight excluding hydrogens is 324 g/mol. The van der Waals surface area contributed by atoms with Crippen LogP contribution < -0.4 is 5.32 Å². The van der Waals surface area contributed by atoms with Gasteiger partial charge in [-0.05, 0) is 42.9 Å². The average Bonchev–Trinajstić information content (AvgIpc) is 3.08. The molecule has 1 aromatic heterocycles. The number of hydrogen-bond donors (Lipinski definition) is 2. The molecular formula is C21H26N4O. The van der Waals surface area contributed by atoms with E-state index in [-0.39, 0.29) is 5.91 Å². The van der Waals surface area contributed by atoms with E-state index in [9.17, 15) is 4.79 Å². The summed E-state index contributed by atoms with van der Waals surface area (Å²) in [5, 5.41) is 2.99. The second-order valence-electron chi connectivity index (χ2n) is 6.36. The summed E-state index contributed by atoms with van der Waals surface area (Å²) in [5.41, 5.74) is 3.85. The number of rotatable bonds is 8. The topological polar surface area (TPSA) is 61.0 Å². The van der Waals surface area contributed by atoms with Crippen LogP contribution in [0, 0.1) is 0 Å². The number of carbonyl (C=O) groups excluding carboxylic acids is 1. The van der Waals surface area contributed by atoms with Crippen LogP contribution in [0.25, 0.3) is 11.0 Å². The van der Waals surface area contributed by atoms with E-state index in [1.54, 1.807) is 0 Å². The van der Waals surface area contributed by atoms with Gasteiger partial charge in [0.25, 0.3) is 5.91 Å². The number of imidazole rings is 1. The number of aromatic nitrogens is 2. The largest absolute Gasteiger partial charge is 0.351 e. The summed E-state index contributed by atoms with van der Waals surface area (Å²) in [6, 6.07) is 15.8. The van der Waals surface area contributed by atoms with Gasteiger partial charge < -0.3 is 15.2 Å². The minimum atomic E-state index is -0.0209. The fraction of sp³-hybridized carbons (Fsp3) is 0.333. The Bertz CT molecular complexity index is 817. The van der Waals surface area contributed by atoms with Gasteiger partial charge in [0, 0.05) is 25.1 Å². The maximum atomic E-state index is 12.2. The molecule has 0 aliphatic rings. The highest BCUT2D eigenvalue weighted by Gasteiger charge is 2.07. The molecule has 0 unspecified atom stereocenters. The lowest BCUT2D eigenvalue weighted by molar-refractivity contribution is 0.0949. The Morgan fingerprint density at radius 3 is 2.50 bits per heavy atom. The number of likely N-dealkylation sites (N-methyl/N-ethyl adjacent to an activating group) is 1. The zero-order chi connectivity index (χ0) is 18.4. The van der Waals surface area contributed by atoms with Crippen LogP contribution in [-0.4, -0.2) is 47.0 Å². The lowest BCUT2D eigenvalue weighted by Gasteiger charge is -2.17. The molecule has 3 aromatic rings. The summed E-state index contributed by atoms with van der Waals surface area (Å²) >= 11 is 0. The molecule has 26 heavy (non-hydrogen) atoms. The number of aromatic amines is 1. The minimum absolute atomic E-state index is 0.0209. The lowest BCUT2D eigenvalue weighted by atomic mass is 10.1. The molecule has 2 N–H and O–H groups in total. The predicted molar refractivity (Wildman–Crippen MR) is 105 cm³/mol. The summed E-state index contributed by atoms with van der Waals surface area (Å²) in [7, 11) is 0. The van der Waals surface area contributed by atoms with E-state index < -0.39 is 0 Å². The Hall–Kier alpha value is -2.66. The minimum Gasteiger partial charge on any atom is -0.351 e. The van der Waals surface area contributed by atoms with Gasteiger partial charge in [0.05, 0.1) is 11.0 Å². The smallest absolute Gasteiger partial charge is 0.251 e.